The first-order valence-electron chi connectivity index (χ1n) is 11.1. The van der Waals surface area contributed by atoms with Crippen LogP contribution in [0, 0.1) is 6.92 Å². The second kappa shape index (κ2) is 12.8. The molecule has 192 valence electrons. The molecule has 0 radical (unpaired) electrons. The van der Waals surface area contributed by atoms with Crippen LogP contribution in [0.25, 0.3) is 0 Å². The fraction of sp³-hybridized carbons (Fsp3) is 0.417. The van der Waals surface area contributed by atoms with Crippen molar-refractivity contribution in [3.05, 3.63) is 62.6 Å². The van der Waals surface area contributed by atoms with E-state index in [9.17, 15) is 18.0 Å². The van der Waals surface area contributed by atoms with Crippen LogP contribution >= 0.6 is 34.8 Å². The van der Waals surface area contributed by atoms with Crippen molar-refractivity contribution in [3.63, 3.8) is 0 Å². The van der Waals surface area contributed by atoms with E-state index in [2.05, 4.69) is 5.32 Å². The maximum absolute atomic E-state index is 13.6. The topological polar surface area (TPSA) is 86.8 Å². The zero-order valence-electron chi connectivity index (χ0n) is 20.1. The number of sulfonamides is 1. The summed E-state index contributed by atoms with van der Waals surface area (Å²) >= 11 is 18.3. The van der Waals surface area contributed by atoms with Crippen LogP contribution in [0.1, 0.15) is 37.8 Å². The zero-order chi connectivity index (χ0) is 26.3. The normalized spacial score (nSPS) is 12.2. The van der Waals surface area contributed by atoms with Gasteiger partial charge in [-0.3, -0.25) is 13.9 Å². The number of anilines is 1. The van der Waals surface area contributed by atoms with Gasteiger partial charge in [-0.25, -0.2) is 8.42 Å². The van der Waals surface area contributed by atoms with E-state index in [1.54, 1.807) is 6.92 Å². The number of aryl methyl sites for hydroxylation is 1. The highest BCUT2D eigenvalue weighted by Crippen LogP contribution is 2.35. The summed E-state index contributed by atoms with van der Waals surface area (Å²) in [4.78, 5) is 27.8. The first-order valence-corrected chi connectivity index (χ1v) is 14.1. The van der Waals surface area contributed by atoms with Crippen LogP contribution in [0.2, 0.25) is 15.1 Å². The predicted molar refractivity (Wildman–Crippen MR) is 143 cm³/mol. The van der Waals surface area contributed by atoms with Gasteiger partial charge in [0.2, 0.25) is 21.8 Å². The molecule has 2 aromatic rings. The number of halogens is 3. The summed E-state index contributed by atoms with van der Waals surface area (Å²) in [7, 11) is -3.94. The van der Waals surface area contributed by atoms with Crippen LogP contribution in [0.15, 0.2) is 36.4 Å². The highest BCUT2D eigenvalue weighted by atomic mass is 35.5. The Bertz CT molecular complexity index is 1170. The van der Waals surface area contributed by atoms with Crippen molar-refractivity contribution >= 4 is 62.3 Å². The summed E-state index contributed by atoms with van der Waals surface area (Å²) in [6.45, 7) is 5.57. The molecule has 0 saturated heterocycles. The van der Waals surface area contributed by atoms with Gasteiger partial charge in [-0.1, -0.05) is 72.4 Å². The number of hydrogen-bond acceptors (Lipinski definition) is 4. The molecule has 0 aliphatic rings. The summed E-state index contributed by atoms with van der Waals surface area (Å²) in [6.07, 6.45) is 2.68. The van der Waals surface area contributed by atoms with Crippen molar-refractivity contribution in [1.82, 2.24) is 10.2 Å². The Morgan fingerprint density at radius 3 is 2.29 bits per heavy atom. The molecule has 2 rings (SSSR count). The van der Waals surface area contributed by atoms with Crippen LogP contribution in [0.4, 0.5) is 5.69 Å². The average molecular weight is 563 g/mol. The lowest BCUT2D eigenvalue weighted by atomic mass is 10.1. The summed E-state index contributed by atoms with van der Waals surface area (Å²) in [5, 5.41) is 3.10. The molecule has 0 heterocycles. The van der Waals surface area contributed by atoms with E-state index < -0.39 is 28.5 Å². The van der Waals surface area contributed by atoms with Gasteiger partial charge in [-0.15, -0.1) is 0 Å². The summed E-state index contributed by atoms with van der Waals surface area (Å²) in [5.74, 6) is -0.891. The van der Waals surface area contributed by atoms with Gasteiger partial charge in [0.05, 0.1) is 27.0 Å². The molecule has 2 amide bonds. The van der Waals surface area contributed by atoms with Crippen molar-refractivity contribution in [1.29, 1.82) is 0 Å². The highest BCUT2D eigenvalue weighted by Gasteiger charge is 2.31. The molecule has 1 atom stereocenters. The maximum Gasteiger partial charge on any atom is 0.244 e. The van der Waals surface area contributed by atoms with Crippen LogP contribution in [-0.2, 0) is 26.2 Å². The van der Waals surface area contributed by atoms with Gasteiger partial charge in [0.1, 0.15) is 12.6 Å². The number of rotatable bonds is 11. The minimum absolute atomic E-state index is 0.0211. The molecule has 0 aliphatic heterocycles. The van der Waals surface area contributed by atoms with Crippen LogP contribution in [0.3, 0.4) is 0 Å². The Balaban J connectivity index is 2.43. The minimum Gasteiger partial charge on any atom is -0.354 e. The minimum atomic E-state index is -3.94. The molecule has 35 heavy (non-hydrogen) atoms. The number of hydrogen-bond donors (Lipinski definition) is 1. The Morgan fingerprint density at radius 1 is 1.06 bits per heavy atom. The lowest BCUT2D eigenvalue weighted by molar-refractivity contribution is -0.139. The first kappa shape index (κ1) is 29.2. The quantitative estimate of drug-likeness (QED) is 0.307. The van der Waals surface area contributed by atoms with Gasteiger partial charge in [0.15, 0.2) is 0 Å². The molecule has 0 aromatic heterocycles. The Kier molecular flexibility index (Phi) is 10.7. The van der Waals surface area contributed by atoms with Crippen molar-refractivity contribution in [2.75, 3.05) is 23.7 Å². The molecule has 0 fully saturated rings. The zero-order valence-corrected chi connectivity index (χ0v) is 23.2. The lowest BCUT2D eigenvalue weighted by Crippen LogP contribution is -2.51. The number of nitrogens with zero attached hydrogens (tertiary/aromatic N) is 2. The van der Waals surface area contributed by atoms with Crippen molar-refractivity contribution in [2.45, 2.75) is 46.2 Å². The molecule has 7 nitrogen and oxygen atoms in total. The second-order valence-corrected chi connectivity index (χ2v) is 11.4. The van der Waals surface area contributed by atoms with E-state index in [0.29, 0.717) is 6.54 Å². The largest absolute Gasteiger partial charge is 0.354 e. The van der Waals surface area contributed by atoms with E-state index in [0.717, 1.165) is 34.5 Å². The Labute approximate surface area is 222 Å². The van der Waals surface area contributed by atoms with Crippen LogP contribution < -0.4 is 9.62 Å². The van der Waals surface area contributed by atoms with E-state index in [1.807, 2.05) is 38.1 Å². The number of carbonyl (C=O) groups is 2. The van der Waals surface area contributed by atoms with Gasteiger partial charge in [-0.05, 0) is 43.5 Å². The molecule has 0 saturated carbocycles. The molecule has 0 bridgehead atoms. The first-order chi connectivity index (χ1) is 16.4. The summed E-state index contributed by atoms with van der Waals surface area (Å²) < 4.78 is 26.2. The number of carbonyl (C=O) groups excluding carboxylic acids is 2. The number of benzene rings is 2. The van der Waals surface area contributed by atoms with E-state index >= 15 is 0 Å². The van der Waals surface area contributed by atoms with Crippen molar-refractivity contribution in [2.24, 2.45) is 0 Å². The second-order valence-electron chi connectivity index (χ2n) is 8.26. The lowest BCUT2D eigenvalue weighted by Gasteiger charge is -2.32. The fourth-order valence-electron chi connectivity index (χ4n) is 3.39. The molecule has 11 heteroatoms. The third kappa shape index (κ3) is 8.00. The monoisotopic (exact) mass is 561 g/mol. The van der Waals surface area contributed by atoms with Gasteiger partial charge in [-0.2, -0.15) is 0 Å². The maximum atomic E-state index is 13.6. The van der Waals surface area contributed by atoms with E-state index in [1.165, 1.54) is 17.0 Å². The summed E-state index contributed by atoms with van der Waals surface area (Å²) in [6, 6.07) is 9.26. The van der Waals surface area contributed by atoms with Gasteiger partial charge >= 0.3 is 0 Å². The van der Waals surface area contributed by atoms with E-state index in [-0.39, 0.29) is 33.2 Å². The molecule has 1 N–H and O–H groups in total. The average Bonchev–Trinajstić information content (AvgIpc) is 2.78. The molecule has 0 spiro atoms. The fourth-order valence-corrected chi connectivity index (χ4v) is 4.93. The highest BCUT2D eigenvalue weighted by molar-refractivity contribution is 7.92. The standard InChI is InChI=1S/C24H30Cl3N3O4S/c1-5-6-11-28-24(32)17(3)29(14-18-10-8-7-9-16(18)2)23(31)15-30(35(4,33)34)22-13-20(26)19(25)12-21(22)27/h7-10,12-13,17H,5-6,11,14-15H2,1-4H3,(H,28,32)/t17-/m1/s1. The Hall–Kier alpha value is -2.00. The van der Waals surface area contributed by atoms with E-state index in [4.69, 9.17) is 34.8 Å². The summed E-state index contributed by atoms with van der Waals surface area (Å²) in [5.41, 5.74) is 1.80. The smallest absolute Gasteiger partial charge is 0.244 e. The van der Waals surface area contributed by atoms with Crippen molar-refractivity contribution in [3.8, 4) is 0 Å². The molecular formula is C24H30Cl3N3O4S. The van der Waals surface area contributed by atoms with Gasteiger partial charge in [0, 0.05) is 13.1 Å². The molecule has 0 aliphatic carbocycles. The number of nitrogens with one attached hydrogen (secondary N) is 1. The van der Waals surface area contributed by atoms with Gasteiger partial charge in [0.25, 0.3) is 0 Å². The molecule has 2 aromatic carbocycles. The van der Waals surface area contributed by atoms with Crippen molar-refractivity contribution < 1.29 is 18.0 Å². The SMILES string of the molecule is CCCCNC(=O)[C@@H](C)N(Cc1ccccc1C)C(=O)CN(c1cc(Cl)c(Cl)cc1Cl)S(C)(=O)=O. The third-order valence-electron chi connectivity index (χ3n) is 5.54. The third-order valence-corrected chi connectivity index (χ3v) is 7.69. The van der Waals surface area contributed by atoms with Crippen LogP contribution in [-0.4, -0.2) is 50.5 Å². The van der Waals surface area contributed by atoms with Gasteiger partial charge < -0.3 is 10.2 Å². The number of unbranched alkanes of at least 4 members (excludes halogenated alkanes) is 1. The molecular weight excluding hydrogens is 533 g/mol. The Morgan fingerprint density at radius 2 is 1.69 bits per heavy atom. The predicted octanol–water partition coefficient (Wildman–Crippen LogP) is 5.05. The number of amides is 2. The molecule has 0 unspecified atom stereocenters. The van der Waals surface area contributed by atoms with Crippen LogP contribution in [0.5, 0.6) is 0 Å².